The van der Waals surface area contributed by atoms with Crippen molar-refractivity contribution >= 4 is 5.69 Å². The van der Waals surface area contributed by atoms with Gasteiger partial charge in [0.25, 0.3) is 0 Å². The Labute approximate surface area is 97.8 Å². The van der Waals surface area contributed by atoms with Crippen LogP contribution in [-0.4, -0.2) is 6.04 Å². The molecule has 0 heterocycles. The van der Waals surface area contributed by atoms with E-state index in [0.29, 0.717) is 6.04 Å². The minimum atomic E-state index is 0.459. The van der Waals surface area contributed by atoms with E-state index in [2.05, 4.69) is 10.2 Å². The topological polar surface area (TPSA) is 24.7 Å². The highest BCUT2D eigenvalue weighted by molar-refractivity contribution is 5.34. The van der Waals surface area contributed by atoms with Crippen LogP contribution in [0.4, 0.5) is 5.69 Å². The van der Waals surface area contributed by atoms with Crippen molar-refractivity contribution in [2.75, 3.05) is 0 Å². The van der Waals surface area contributed by atoms with Gasteiger partial charge in [-0.05, 0) is 25.0 Å². The monoisotopic (exact) mass is 216 g/mol. The maximum Gasteiger partial charge on any atom is 0.0852 e. The second-order valence-corrected chi connectivity index (χ2v) is 4.55. The molecule has 2 nitrogen and oxygen atoms in total. The summed E-state index contributed by atoms with van der Waals surface area (Å²) in [6, 6.07) is 10.5. The summed E-state index contributed by atoms with van der Waals surface area (Å²) in [4.78, 5) is 0. The van der Waals surface area contributed by atoms with Crippen LogP contribution in [0.1, 0.15) is 44.9 Å². The zero-order valence-electron chi connectivity index (χ0n) is 9.81. The van der Waals surface area contributed by atoms with Crippen molar-refractivity contribution in [3.63, 3.8) is 0 Å². The predicted molar refractivity (Wildman–Crippen MR) is 67.1 cm³/mol. The average molecular weight is 216 g/mol. The minimum Gasteiger partial charge on any atom is -0.185 e. The lowest BCUT2D eigenvalue weighted by Gasteiger charge is -2.14. The minimum absolute atomic E-state index is 0.459. The second kappa shape index (κ2) is 6.41. The maximum atomic E-state index is 4.48. The van der Waals surface area contributed by atoms with Crippen molar-refractivity contribution < 1.29 is 0 Å². The lowest BCUT2D eigenvalue weighted by molar-refractivity contribution is 0.445. The van der Waals surface area contributed by atoms with Gasteiger partial charge < -0.3 is 0 Å². The van der Waals surface area contributed by atoms with Gasteiger partial charge in [0.05, 0.1) is 11.7 Å². The molecule has 0 radical (unpaired) electrons. The zero-order valence-corrected chi connectivity index (χ0v) is 9.81. The molecule has 2 heteroatoms. The van der Waals surface area contributed by atoms with E-state index in [0.717, 1.165) is 5.69 Å². The summed E-state index contributed by atoms with van der Waals surface area (Å²) in [5, 5.41) is 8.81. The molecule has 1 aliphatic carbocycles. The number of nitrogens with zero attached hydrogens (tertiary/aromatic N) is 2. The molecule has 86 valence electrons. The van der Waals surface area contributed by atoms with Gasteiger partial charge in [-0.1, -0.05) is 50.3 Å². The molecule has 0 aromatic heterocycles. The van der Waals surface area contributed by atoms with E-state index >= 15 is 0 Å². The third-order valence-electron chi connectivity index (χ3n) is 3.17. The first-order valence-electron chi connectivity index (χ1n) is 6.41. The van der Waals surface area contributed by atoms with Gasteiger partial charge >= 0.3 is 0 Å². The summed E-state index contributed by atoms with van der Waals surface area (Å²) in [5.41, 5.74) is 0.976. The lowest BCUT2D eigenvalue weighted by atomic mass is 9.97. The number of hydrogen-bond acceptors (Lipinski definition) is 2. The summed E-state index contributed by atoms with van der Waals surface area (Å²) < 4.78 is 0. The smallest absolute Gasteiger partial charge is 0.0852 e. The van der Waals surface area contributed by atoms with E-state index in [-0.39, 0.29) is 0 Å². The van der Waals surface area contributed by atoms with Crippen molar-refractivity contribution in [2.45, 2.75) is 51.0 Å². The summed E-state index contributed by atoms with van der Waals surface area (Å²) in [5.74, 6) is 0. The van der Waals surface area contributed by atoms with Crippen molar-refractivity contribution in [2.24, 2.45) is 10.2 Å². The van der Waals surface area contributed by atoms with E-state index in [4.69, 9.17) is 0 Å². The third kappa shape index (κ3) is 3.76. The first-order chi connectivity index (χ1) is 7.95. The van der Waals surface area contributed by atoms with E-state index < -0.39 is 0 Å². The van der Waals surface area contributed by atoms with Crippen LogP contribution in [0.25, 0.3) is 0 Å². The fourth-order valence-corrected chi connectivity index (χ4v) is 2.19. The Bertz CT molecular complexity index is 311. The molecule has 1 aromatic carbocycles. The molecule has 0 N–H and O–H groups in total. The van der Waals surface area contributed by atoms with E-state index in [9.17, 15) is 0 Å². The van der Waals surface area contributed by atoms with E-state index in [1.165, 1.54) is 44.9 Å². The van der Waals surface area contributed by atoms with Gasteiger partial charge in [0.2, 0.25) is 0 Å². The van der Waals surface area contributed by atoms with Crippen molar-refractivity contribution in [1.82, 2.24) is 0 Å². The molecule has 16 heavy (non-hydrogen) atoms. The largest absolute Gasteiger partial charge is 0.185 e. The Balaban J connectivity index is 1.89. The van der Waals surface area contributed by atoms with Crippen molar-refractivity contribution in [1.29, 1.82) is 0 Å². The molecule has 0 aliphatic heterocycles. The number of azo groups is 1. The lowest BCUT2D eigenvalue weighted by Crippen LogP contribution is -2.05. The zero-order chi connectivity index (χ0) is 11.1. The molecule has 0 bridgehead atoms. The number of benzene rings is 1. The molecular weight excluding hydrogens is 196 g/mol. The van der Waals surface area contributed by atoms with Crippen LogP contribution in [0.2, 0.25) is 0 Å². The van der Waals surface area contributed by atoms with Crippen LogP contribution in [0.15, 0.2) is 40.6 Å². The normalized spacial score (nSPS) is 19.5. The fraction of sp³-hybridized carbons (Fsp3) is 0.571. The van der Waals surface area contributed by atoms with Gasteiger partial charge in [-0.25, -0.2) is 0 Å². The van der Waals surface area contributed by atoms with E-state index in [1.54, 1.807) is 0 Å². The first-order valence-corrected chi connectivity index (χ1v) is 6.41. The molecular formula is C14H20N2. The molecule has 0 spiro atoms. The molecule has 0 amide bonds. The number of rotatable bonds is 2. The van der Waals surface area contributed by atoms with Crippen LogP contribution < -0.4 is 0 Å². The van der Waals surface area contributed by atoms with Crippen LogP contribution in [0.3, 0.4) is 0 Å². The van der Waals surface area contributed by atoms with Gasteiger partial charge in [-0.15, -0.1) is 0 Å². The van der Waals surface area contributed by atoms with Gasteiger partial charge in [0.1, 0.15) is 0 Å². The highest BCUT2D eigenvalue weighted by atomic mass is 15.1. The van der Waals surface area contributed by atoms with Gasteiger partial charge in [0.15, 0.2) is 0 Å². The van der Waals surface area contributed by atoms with Gasteiger partial charge in [0, 0.05) is 0 Å². The SMILES string of the molecule is c1ccc(N=NC2CCCCCCC2)cc1. The quantitative estimate of drug-likeness (QED) is 0.629. The standard InChI is InChI=1S/C14H20N2/c1-2-5-9-13(10-6-3-1)15-16-14-11-7-4-8-12-14/h4,7-8,11-13H,1-3,5-6,9-10H2. The molecule has 2 rings (SSSR count). The Morgan fingerprint density at radius 3 is 2.12 bits per heavy atom. The molecule has 1 aliphatic rings. The summed E-state index contributed by atoms with van der Waals surface area (Å²) in [6.45, 7) is 0. The fourth-order valence-electron chi connectivity index (χ4n) is 2.19. The second-order valence-electron chi connectivity index (χ2n) is 4.55. The molecule has 0 atom stereocenters. The van der Waals surface area contributed by atoms with E-state index in [1.807, 2.05) is 30.3 Å². The molecule has 1 fully saturated rings. The summed E-state index contributed by atoms with van der Waals surface area (Å²) >= 11 is 0. The molecule has 0 saturated heterocycles. The Hall–Kier alpha value is -1.18. The Morgan fingerprint density at radius 2 is 1.44 bits per heavy atom. The number of hydrogen-bond donors (Lipinski definition) is 0. The van der Waals surface area contributed by atoms with Crippen molar-refractivity contribution in [3.05, 3.63) is 30.3 Å². The summed E-state index contributed by atoms with van der Waals surface area (Å²) in [7, 11) is 0. The third-order valence-corrected chi connectivity index (χ3v) is 3.17. The molecule has 0 unspecified atom stereocenters. The van der Waals surface area contributed by atoms with Crippen molar-refractivity contribution in [3.8, 4) is 0 Å². The van der Waals surface area contributed by atoms with Gasteiger partial charge in [-0.3, -0.25) is 0 Å². The predicted octanol–water partition coefficient (Wildman–Crippen LogP) is 4.88. The maximum absolute atomic E-state index is 4.48. The molecule has 1 aromatic rings. The molecule has 1 saturated carbocycles. The Morgan fingerprint density at radius 1 is 0.812 bits per heavy atom. The summed E-state index contributed by atoms with van der Waals surface area (Å²) in [6.07, 6.45) is 9.22. The highest BCUT2D eigenvalue weighted by Gasteiger charge is 2.09. The van der Waals surface area contributed by atoms with Crippen LogP contribution in [-0.2, 0) is 0 Å². The first kappa shape index (κ1) is 11.3. The van der Waals surface area contributed by atoms with Crippen LogP contribution in [0, 0.1) is 0 Å². The highest BCUT2D eigenvalue weighted by Crippen LogP contribution is 2.21. The average Bonchev–Trinajstić information content (AvgIpc) is 2.29. The van der Waals surface area contributed by atoms with Gasteiger partial charge in [-0.2, -0.15) is 10.2 Å². The Kier molecular flexibility index (Phi) is 4.53. The van der Waals surface area contributed by atoms with Crippen LogP contribution >= 0.6 is 0 Å². The van der Waals surface area contributed by atoms with Crippen LogP contribution in [0.5, 0.6) is 0 Å².